The van der Waals surface area contributed by atoms with Gasteiger partial charge in [-0.25, -0.2) is 0 Å². The Labute approximate surface area is 158 Å². The van der Waals surface area contributed by atoms with E-state index in [4.69, 9.17) is 4.74 Å². The third kappa shape index (κ3) is 5.26. The maximum atomic E-state index is 12.2. The van der Waals surface area contributed by atoms with Crippen LogP contribution >= 0.6 is 11.8 Å². The number of amides is 2. The lowest BCUT2D eigenvalue weighted by Gasteiger charge is -2.17. The van der Waals surface area contributed by atoms with E-state index in [2.05, 4.69) is 10.9 Å². The van der Waals surface area contributed by atoms with Gasteiger partial charge in [-0.05, 0) is 61.9 Å². The minimum Gasteiger partial charge on any atom is -0.481 e. The van der Waals surface area contributed by atoms with E-state index >= 15 is 0 Å². The first kappa shape index (κ1) is 19.8. The van der Waals surface area contributed by atoms with Crippen molar-refractivity contribution in [2.75, 3.05) is 6.26 Å². The summed E-state index contributed by atoms with van der Waals surface area (Å²) in [5.41, 5.74) is 8.54. The molecule has 0 bridgehead atoms. The van der Waals surface area contributed by atoms with E-state index in [-0.39, 0.29) is 5.91 Å². The monoisotopic (exact) mass is 372 g/mol. The van der Waals surface area contributed by atoms with Crippen molar-refractivity contribution in [3.8, 4) is 5.75 Å². The predicted molar refractivity (Wildman–Crippen MR) is 105 cm³/mol. The van der Waals surface area contributed by atoms with Gasteiger partial charge in [-0.1, -0.05) is 24.3 Å². The van der Waals surface area contributed by atoms with Crippen LogP contribution in [0.25, 0.3) is 0 Å². The van der Waals surface area contributed by atoms with Crippen molar-refractivity contribution in [1.82, 2.24) is 10.9 Å². The number of aryl methyl sites for hydroxylation is 1. The van der Waals surface area contributed by atoms with Gasteiger partial charge in [0.05, 0.1) is 0 Å². The highest BCUT2D eigenvalue weighted by Gasteiger charge is 2.17. The second kappa shape index (κ2) is 9.29. The van der Waals surface area contributed by atoms with Crippen molar-refractivity contribution in [1.29, 1.82) is 0 Å². The van der Waals surface area contributed by atoms with E-state index in [1.54, 1.807) is 30.8 Å². The molecule has 1 atom stereocenters. The quantitative estimate of drug-likeness (QED) is 0.763. The topological polar surface area (TPSA) is 67.4 Å². The summed E-state index contributed by atoms with van der Waals surface area (Å²) in [6.45, 7) is 5.57. The summed E-state index contributed by atoms with van der Waals surface area (Å²) in [7, 11) is 0. The number of carbonyl (C=O) groups excluding carboxylic acids is 2. The number of rotatable bonds is 6. The normalized spacial score (nSPS) is 11.5. The van der Waals surface area contributed by atoms with Gasteiger partial charge in [0.2, 0.25) is 0 Å². The minimum atomic E-state index is -0.736. The summed E-state index contributed by atoms with van der Waals surface area (Å²) in [5, 5.41) is 0. The number of benzene rings is 2. The average molecular weight is 372 g/mol. The van der Waals surface area contributed by atoms with Gasteiger partial charge >= 0.3 is 0 Å². The van der Waals surface area contributed by atoms with Crippen LogP contribution in [0, 0.1) is 13.8 Å². The summed E-state index contributed by atoms with van der Waals surface area (Å²) in [4.78, 5) is 24.3. The highest BCUT2D eigenvalue weighted by atomic mass is 32.2. The van der Waals surface area contributed by atoms with E-state index < -0.39 is 12.0 Å². The van der Waals surface area contributed by atoms with Crippen molar-refractivity contribution in [2.45, 2.75) is 32.6 Å². The Morgan fingerprint density at radius 3 is 2.42 bits per heavy atom. The number of ether oxygens (including phenoxy) is 1. The fourth-order valence-corrected chi connectivity index (χ4v) is 2.83. The van der Waals surface area contributed by atoms with Gasteiger partial charge in [0.1, 0.15) is 5.75 Å². The van der Waals surface area contributed by atoms with Gasteiger partial charge in [-0.15, -0.1) is 0 Å². The number of thioether (sulfide) groups is 1. The molecule has 26 heavy (non-hydrogen) atoms. The molecule has 0 fully saturated rings. The van der Waals surface area contributed by atoms with Crippen molar-refractivity contribution >= 4 is 23.6 Å². The smallest absolute Gasteiger partial charge is 0.279 e. The summed E-state index contributed by atoms with van der Waals surface area (Å²) >= 11 is 1.72. The van der Waals surface area contributed by atoms with Crippen molar-refractivity contribution in [3.63, 3.8) is 0 Å². The standard InChI is InChI=1S/C20H24N2O3S/c1-13-6-5-7-18(14(13)2)25-15(3)19(23)21-22-20(24)17-10-8-16(9-11-17)12-26-4/h5-11,15H,12H2,1-4H3,(H,21,23)(H,22,24)/t15-/m1/s1. The Kier molecular flexibility index (Phi) is 7.09. The van der Waals surface area contributed by atoms with Gasteiger partial charge in [0.25, 0.3) is 11.8 Å². The molecule has 6 heteroatoms. The Bertz CT molecular complexity index is 775. The molecule has 2 rings (SSSR count). The SMILES string of the molecule is CSCc1ccc(C(=O)NNC(=O)[C@@H](C)Oc2cccc(C)c2C)cc1. The van der Waals surface area contributed by atoms with Crippen LogP contribution in [0.2, 0.25) is 0 Å². The zero-order valence-electron chi connectivity index (χ0n) is 15.5. The van der Waals surface area contributed by atoms with Gasteiger partial charge in [0.15, 0.2) is 6.10 Å². The van der Waals surface area contributed by atoms with E-state index in [1.165, 1.54) is 0 Å². The number of nitrogens with one attached hydrogen (secondary N) is 2. The number of hydrogen-bond donors (Lipinski definition) is 2. The molecule has 0 saturated heterocycles. The van der Waals surface area contributed by atoms with Gasteiger partial charge in [0, 0.05) is 11.3 Å². The molecule has 0 aliphatic rings. The van der Waals surface area contributed by atoms with Gasteiger partial charge in [-0.3, -0.25) is 20.4 Å². The number of hydrogen-bond acceptors (Lipinski definition) is 4. The highest BCUT2D eigenvalue weighted by molar-refractivity contribution is 7.97. The first-order chi connectivity index (χ1) is 12.4. The predicted octanol–water partition coefficient (Wildman–Crippen LogP) is 3.39. The molecule has 0 unspecified atom stereocenters. The van der Waals surface area contributed by atoms with Crippen LogP contribution in [0.15, 0.2) is 42.5 Å². The first-order valence-corrected chi connectivity index (χ1v) is 9.72. The van der Waals surface area contributed by atoms with Crippen molar-refractivity contribution in [3.05, 3.63) is 64.7 Å². The molecule has 0 radical (unpaired) electrons. The maximum absolute atomic E-state index is 12.2. The fraction of sp³-hybridized carbons (Fsp3) is 0.300. The number of hydrazine groups is 1. The molecule has 0 heterocycles. The van der Waals surface area contributed by atoms with Crippen molar-refractivity contribution < 1.29 is 14.3 Å². The second-order valence-electron chi connectivity index (χ2n) is 6.03. The Hall–Kier alpha value is -2.47. The lowest BCUT2D eigenvalue weighted by atomic mass is 10.1. The third-order valence-corrected chi connectivity index (χ3v) is 4.68. The largest absolute Gasteiger partial charge is 0.481 e. The molecule has 138 valence electrons. The molecule has 0 spiro atoms. The molecule has 0 aliphatic carbocycles. The van der Waals surface area contributed by atoms with Crippen LogP contribution in [-0.4, -0.2) is 24.2 Å². The zero-order chi connectivity index (χ0) is 19.1. The molecular formula is C20H24N2O3S. The van der Waals surface area contributed by atoms with Crippen LogP contribution in [0.5, 0.6) is 5.75 Å². The Balaban J connectivity index is 1.88. The van der Waals surface area contributed by atoms with Gasteiger partial charge < -0.3 is 4.74 Å². The summed E-state index contributed by atoms with van der Waals surface area (Å²) in [6.07, 6.45) is 1.29. The Morgan fingerprint density at radius 2 is 1.77 bits per heavy atom. The molecule has 2 amide bonds. The summed E-state index contributed by atoms with van der Waals surface area (Å²) < 4.78 is 5.70. The van der Waals surface area contributed by atoms with Crippen molar-refractivity contribution in [2.24, 2.45) is 0 Å². The molecule has 0 aromatic heterocycles. The van der Waals surface area contributed by atoms with Crippen LogP contribution in [0.1, 0.15) is 34.0 Å². The van der Waals surface area contributed by atoms with Crippen LogP contribution in [-0.2, 0) is 10.5 Å². The maximum Gasteiger partial charge on any atom is 0.279 e. The van der Waals surface area contributed by atoms with E-state index in [0.717, 1.165) is 22.4 Å². The zero-order valence-corrected chi connectivity index (χ0v) is 16.3. The van der Waals surface area contributed by atoms with Gasteiger partial charge in [-0.2, -0.15) is 11.8 Å². The third-order valence-electron chi connectivity index (χ3n) is 4.05. The highest BCUT2D eigenvalue weighted by Crippen LogP contribution is 2.21. The lowest BCUT2D eigenvalue weighted by molar-refractivity contribution is -0.128. The minimum absolute atomic E-state index is 0.368. The molecule has 2 aromatic carbocycles. The first-order valence-electron chi connectivity index (χ1n) is 8.33. The number of carbonyl (C=O) groups is 2. The average Bonchev–Trinajstić information content (AvgIpc) is 2.64. The van der Waals surface area contributed by atoms with Crippen LogP contribution in [0.3, 0.4) is 0 Å². The van der Waals surface area contributed by atoms with E-state index in [0.29, 0.717) is 11.3 Å². The van der Waals surface area contributed by atoms with E-state index in [9.17, 15) is 9.59 Å². The molecular weight excluding hydrogens is 348 g/mol. The summed E-state index contributed by atoms with van der Waals surface area (Å²) in [6, 6.07) is 13.0. The fourth-order valence-electron chi connectivity index (χ4n) is 2.31. The molecule has 2 aromatic rings. The lowest BCUT2D eigenvalue weighted by Crippen LogP contribution is -2.47. The van der Waals surface area contributed by atoms with E-state index in [1.807, 2.05) is 50.4 Å². The van der Waals surface area contributed by atoms with Crippen LogP contribution < -0.4 is 15.6 Å². The molecule has 0 saturated carbocycles. The molecule has 0 aliphatic heterocycles. The Morgan fingerprint density at radius 1 is 1.08 bits per heavy atom. The second-order valence-corrected chi connectivity index (χ2v) is 6.90. The molecule has 2 N–H and O–H groups in total. The summed E-state index contributed by atoms with van der Waals surface area (Å²) in [5.74, 6) is 0.765. The molecule has 5 nitrogen and oxygen atoms in total. The van der Waals surface area contributed by atoms with Crippen LogP contribution in [0.4, 0.5) is 0 Å².